The summed E-state index contributed by atoms with van der Waals surface area (Å²) in [6.45, 7) is 0. The van der Waals surface area contributed by atoms with Crippen LogP contribution >= 0.6 is 15.9 Å². The van der Waals surface area contributed by atoms with Crippen LogP contribution in [-0.4, -0.2) is 17.1 Å². The normalized spacial score (nSPS) is 28.4. The Morgan fingerprint density at radius 1 is 1.50 bits per heavy atom. The number of rotatable bonds is 1. The predicted octanol–water partition coefficient (Wildman–Crippen LogP) is 1.36. The maximum atomic E-state index is 11.2. The summed E-state index contributed by atoms with van der Waals surface area (Å²) in [6.07, 6.45) is 4.70. The number of fused-ring (bicyclic) bond motifs is 3. The molecule has 18 heavy (non-hydrogen) atoms. The molecular weight excluding hydrogens is 298 g/mol. The molecule has 0 radical (unpaired) electrons. The number of nitrogens with one attached hydrogen (secondary N) is 1. The van der Waals surface area contributed by atoms with Crippen LogP contribution in [0.2, 0.25) is 0 Å². The molecule has 1 heterocycles. The third-order valence-electron chi connectivity index (χ3n) is 3.70. The summed E-state index contributed by atoms with van der Waals surface area (Å²) in [7, 11) is 0. The summed E-state index contributed by atoms with van der Waals surface area (Å²) in [5.41, 5.74) is 1.41. The smallest absolute Gasteiger partial charge is 0.139 e. The number of anilines is 1. The number of carboxylic acid groups (broad SMARTS) is 1. The zero-order valence-corrected chi connectivity index (χ0v) is 11.0. The first kappa shape index (κ1) is 11.6. The number of carbonyl (C=O) groups excluding carboxylic acids is 1. The molecule has 0 saturated carbocycles. The standard InChI is InChI=1S/C13H12BrNO3/c14-8-4-5-9(16)12-10(8)6-2-1-3-7(6)11(15-12)13(17)18/h1-2,4-7,11,15-16H,3H2,(H,17,18)/p-1/t6-,7-,11-/m0/s1. The van der Waals surface area contributed by atoms with Crippen molar-refractivity contribution in [3.63, 3.8) is 0 Å². The summed E-state index contributed by atoms with van der Waals surface area (Å²) in [6, 6.07) is 2.55. The highest BCUT2D eigenvalue weighted by Crippen LogP contribution is 2.49. The molecule has 2 aliphatic rings. The van der Waals surface area contributed by atoms with E-state index in [0.717, 1.165) is 10.0 Å². The second-order valence-electron chi connectivity index (χ2n) is 4.65. The lowest BCUT2D eigenvalue weighted by Gasteiger charge is -2.38. The molecule has 1 aliphatic carbocycles. The number of phenolic OH excluding ortho intramolecular Hbond substituents is 1. The van der Waals surface area contributed by atoms with Crippen LogP contribution in [0.4, 0.5) is 5.69 Å². The first-order chi connectivity index (χ1) is 8.59. The van der Waals surface area contributed by atoms with Crippen LogP contribution in [-0.2, 0) is 4.79 Å². The van der Waals surface area contributed by atoms with Crippen LogP contribution < -0.4 is 10.4 Å². The lowest BCUT2D eigenvalue weighted by molar-refractivity contribution is -0.308. The van der Waals surface area contributed by atoms with Gasteiger partial charge < -0.3 is 20.3 Å². The van der Waals surface area contributed by atoms with Gasteiger partial charge in [0, 0.05) is 16.0 Å². The number of aliphatic carboxylic acids is 1. The summed E-state index contributed by atoms with van der Waals surface area (Å²) in [5, 5.41) is 24.0. The number of allylic oxidation sites excluding steroid dienone is 2. The number of benzene rings is 1. The van der Waals surface area contributed by atoms with Crippen molar-refractivity contribution < 1.29 is 15.0 Å². The predicted molar refractivity (Wildman–Crippen MR) is 68.2 cm³/mol. The fraction of sp³-hybridized carbons (Fsp3) is 0.308. The lowest BCUT2D eigenvalue weighted by Crippen LogP contribution is -2.48. The van der Waals surface area contributed by atoms with Crippen molar-refractivity contribution in [3.8, 4) is 5.75 Å². The second-order valence-corrected chi connectivity index (χ2v) is 5.50. The number of hydrogen-bond donors (Lipinski definition) is 2. The van der Waals surface area contributed by atoms with Crippen molar-refractivity contribution >= 4 is 27.6 Å². The molecular formula is C13H11BrNO3-. The van der Waals surface area contributed by atoms with E-state index in [4.69, 9.17) is 0 Å². The van der Waals surface area contributed by atoms with E-state index < -0.39 is 12.0 Å². The molecule has 0 saturated heterocycles. The Labute approximate surface area is 112 Å². The van der Waals surface area contributed by atoms with E-state index in [1.54, 1.807) is 12.1 Å². The molecule has 3 atom stereocenters. The molecule has 0 amide bonds. The molecule has 3 rings (SSSR count). The van der Waals surface area contributed by atoms with Gasteiger partial charge in [0.2, 0.25) is 0 Å². The molecule has 0 spiro atoms. The molecule has 1 aromatic carbocycles. The molecule has 0 fully saturated rings. The molecule has 0 bridgehead atoms. The SMILES string of the molecule is O=C([O-])[C@H]1Nc2c(O)ccc(Br)c2[C@H]2C=CC[C@H]12. The van der Waals surface area contributed by atoms with Crippen molar-refractivity contribution in [1.82, 2.24) is 0 Å². The molecule has 1 aromatic rings. The van der Waals surface area contributed by atoms with Crippen LogP contribution in [0.1, 0.15) is 17.9 Å². The molecule has 1 aliphatic heterocycles. The maximum absolute atomic E-state index is 11.2. The molecule has 0 aromatic heterocycles. The monoisotopic (exact) mass is 308 g/mol. The van der Waals surface area contributed by atoms with E-state index in [2.05, 4.69) is 21.2 Å². The third-order valence-corrected chi connectivity index (χ3v) is 4.39. The van der Waals surface area contributed by atoms with Gasteiger partial charge in [-0.3, -0.25) is 0 Å². The van der Waals surface area contributed by atoms with Gasteiger partial charge >= 0.3 is 0 Å². The number of halogens is 1. The minimum atomic E-state index is -1.13. The summed E-state index contributed by atoms with van der Waals surface area (Å²) in [5.74, 6) is -1.11. The Morgan fingerprint density at radius 3 is 3.00 bits per heavy atom. The van der Waals surface area contributed by atoms with E-state index in [1.165, 1.54) is 0 Å². The molecule has 0 unspecified atom stereocenters. The van der Waals surface area contributed by atoms with Crippen LogP contribution in [0.5, 0.6) is 5.75 Å². The van der Waals surface area contributed by atoms with E-state index in [0.29, 0.717) is 12.1 Å². The van der Waals surface area contributed by atoms with E-state index in [9.17, 15) is 15.0 Å². The Kier molecular flexibility index (Phi) is 2.59. The van der Waals surface area contributed by atoms with Crippen LogP contribution in [0.3, 0.4) is 0 Å². The first-order valence-electron chi connectivity index (χ1n) is 5.75. The third kappa shape index (κ3) is 1.54. The van der Waals surface area contributed by atoms with Crippen molar-refractivity contribution in [2.75, 3.05) is 5.32 Å². The highest BCUT2D eigenvalue weighted by molar-refractivity contribution is 9.10. The summed E-state index contributed by atoms with van der Waals surface area (Å²) in [4.78, 5) is 11.2. The van der Waals surface area contributed by atoms with Gasteiger partial charge in [0.15, 0.2) is 0 Å². The number of carbonyl (C=O) groups is 1. The van der Waals surface area contributed by atoms with Gasteiger partial charge in [0.05, 0.1) is 17.7 Å². The van der Waals surface area contributed by atoms with Gasteiger partial charge in [-0.25, -0.2) is 0 Å². The van der Waals surface area contributed by atoms with Crippen LogP contribution in [0.25, 0.3) is 0 Å². The van der Waals surface area contributed by atoms with Crippen molar-refractivity contribution in [2.45, 2.75) is 18.4 Å². The topological polar surface area (TPSA) is 72.4 Å². The second kappa shape index (κ2) is 4.02. The largest absolute Gasteiger partial charge is 0.548 e. The van der Waals surface area contributed by atoms with Crippen LogP contribution in [0.15, 0.2) is 28.8 Å². The highest BCUT2D eigenvalue weighted by Gasteiger charge is 2.39. The van der Waals surface area contributed by atoms with Crippen molar-refractivity contribution in [1.29, 1.82) is 0 Å². The molecule has 2 N–H and O–H groups in total. The number of aromatic hydroxyl groups is 1. The van der Waals surface area contributed by atoms with Gasteiger partial charge in [-0.15, -0.1) is 0 Å². The number of phenols is 1. The van der Waals surface area contributed by atoms with Gasteiger partial charge in [0.25, 0.3) is 0 Å². The molecule has 4 nitrogen and oxygen atoms in total. The van der Waals surface area contributed by atoms with E-state index in [-0.39, 0.29) is 17.6 Å². The summed E-state index contributed by atoms with van der Waals surface area (Å²) >= 11 is 3.46. The van der Waals surface area contributed by atoms with E-state index >= 15 is 0 Å². The minimum Gasteiger partial charge on any atom is -0.548 e. The molecule has 5 heteroatoms. The highest BCUT2D eigenvalue weighted by atomic mass is 79.9. The first-order valence-corrected chi connectivity index (χ1v) is 6.54. The lowest BCUT2D eigenvalue weighted by atomic mass is 9.79. The zero-order valence-electron chi connectivity index (χ0n) is 9.39. The fourth-order valence-corrected chi connectivity index (χ4v) is 3.48. The average molecular weight is 309 g/mol. The Balaban J connectivity index is 2.17. The number of hydrogen-bond acceptors (Lipinski definition) is 4. The maximum Gasteiger partial charge on any atom is 0.139 e. The minimum absolute atomic E-state index is 0.00521. The van der Waals surface area contributed by atoms with Gasteiger partial charge in [-0.2, -0.15) is 0 Å². The average Bonchev–Trinajstić information content (AvgIpc) is 2.81. The van der Waals surface area contributed by atoms with Gasteiger partial charge in [-0.1, -0.05) is 28.1 Å². The summed E-state index contributed by atoms with van der Waals surface area (Å²) < 4.78 is 0.876. The fourth-order valence-electron chi connectivity index (χ4n) is 2.88. The van der Waals surface area contributed by atoms with Crippen molar-refractivity contribution in [3.05, 3.63) is 34.3 Å². The number of carboxylic acids is 1. The van der Waals surface area contributed by atoms with Crippen LogP contribution in [0, 0.1) is 5.92 Å². The Hall–Kier alpha value is -1.49. The van der Waals surface area contributed by atoms with E-state index in [1.807, 2.05) is 12.2 Å². The Bertz CT molecular complexity index is 555. The Morgan fingerprint density at radius 2 is 2.28 bits per heavy atom. The zero-order chi connectivity index (χ0) is 12.9. The van der Waals surface area contributed by atoms with Gasteiger partial charge in [-0.05, 0) is 24.5 Å². The van der Waals surface area contributed by atoms with Gasteiger partial charge in [0.1, 0.15) is 5.75 Å². The van der Waals surface area contributed by atoms with Crippen molar-refractivity contribution in [2.24, 2.45) is 5.92 Å². The molecule has 94 valence electrons. The quantitative estimate of drug-likeness (QED) is 0.607.